The molecule has 74 valence electrons. The molecule has 1 aliphatic rings. The number of carbonyl (C=O) groups excluding carboxylic acids is 1. The highest BCUT2D eigenvalue weighted by Gasteiger charge is 2.35. The van der Waals surface area contributed by atoms with Crippen molar-refractivity contribution < 1.29 is 4.79 Å². The van der Waals surface area contributed by atoms with Crippen molar-refractivity contribution in [1.29, 1.82) is 0 Å². The predicted octanol–water partition coefficient (Wildman–Crippen LogP) is -1.33. The average molecular weight is 193 g/mol. The molecule has 1 fully saturated rings. The van der Waals surface area contributed by atoms with E-state index in [0.29, 0.717) is 6.54 Å². The minimum atomic E-state index is -0.484. The van der Waals surface area contributed by atoms with Crippen LogP contribution in [0.5, 0.6) is 0 Å². The van der Waals surface area contributed by atoms with E-state index in [1.807, 2.05) is 0 Å². The Labute approximate surface area is 80.5 Å². The summed E-state index contributed by atoms with van der Waals surface area (Å²) in [4.78, 5) is 22.1. The maximum atomic E-state index is 11.3. The van der Waals surface area contributed by atoms with Gasteiger partial charge in [-0.05, 0) is 6.07 Å². The molecule has 0 unspecified atom stereocenters. The van der Waals surface area contributed by atoms with Crippen molar-refractivity contribution in [2.45, 2.75) is 18.6 Å². The molecule has 2 heterocycles. The first kappa shape index (κ1) is 8.96. The Morgan fingerprint density at radius 3 is 2.79 bits per heavy atom. The Morgan fingerprint density at radius 1 is 1.43 bits per heavy atom. The van der Waals surface area contributed by atoms with Gasteiger partial charge in [0.05, 0.1) is 6.04 Å². The highest BCUT2D eigenvalue weighted by Crippen LogP contribution is 2.04. The van der Waals surface area contributed by atoms with Gasteiger partial charge in [-0.1, -0.05) is 6.07 Å². The van der Waals surface area contributed by atoms with Crippen molar-refractivity contribution in [3.63, 3.8) is 0 Å². The smallest absolute Gasteiger partial charge is 0.250 e. The lowest BCUT2D eigenvalue weighted by atomic mass is 10.0. The second-order valence-electron chi connectivity index (χ2n) is 3.33. The number of nitrogens with zero attached hydrogens (tertiary/aromatic N) is 1. The normalized spacial score (nSPS) is 25.4. The van der Waals surface area contributed by atoms with E-state index < -0.39 is 6.04 Å². The standard InChI is InChI=1S/C9H11N3O2/c10-8-6(11-9(8)14)5-12-4-2-1-3-7(12)13/h1-4,6,8H,5,10H2,(H,11,14)/t6-,8+/m1/s1. The quantitative estimate of drug-likeness (QED) is 0.571. The lowest BCUT2D eigenvalue weighted by Gasteiger charge is -2.34. The SMILES string of the molecule is N[C@@H]1C(=O)N[C@@H]1Cn1ccccc1=O. The fourth-order valence-electron chi connectivity index (χ4n) is 1.44. The molecule has 0 spiro atoms. The first-order chi connectivity index (χ1) is 6.68. The molecule has 0 radical (unpaired) electrons. The van der Waals surface area contributed by atoms with Crippen LogP contribution in [0, 0.1) is 0 Å². The third-order valence-corrected chi connectivity index (χ3v) is 2.36. The number of amides is 1. The topological polar surface area (TPSA) is 77.1 Å². The van der Waals surface area contributed by atoms with E-state index in [0.717, 1.165) is 0 Å². The number of nitrogens with one attached hydrogen (secondary N) is 1. The van der Waals surface area contributed by atoms with Crippen molar-refractivity contribution in [3.05, 3.63) is 34.7 Å². The first-order valence-corrected chi connectivity index (χ1v) is 4.40. The summed E-state index contributed by atoms with van der Waals surface area (Å²) in [6.07, 6.45) is 1.68. The Balaban J connectivity index is 2.09. The summed E-state index contributed by atoms with van der Waals surface area (Å²) in [5.41, 5.74) is 5.45. The summed E-state index contributed by atoms with van der Waals surface area (Å²) in [5.74, 6) is -0.154. The molecule has 0 aliphatic carbocycles. The van der Waals surface area contributed by atoms with Crippen LogP contribution in [-0.2, 0) is 11.3 Å². The van der Waals surface area contributed by atoms with Gasteiger partial charge in [0.25, 0.3) is 5.56 Å². The minimum Gasteiger partial charge on any atom is -0.348 e. The zero-order chi connectivity index (χ0) is 10.1. The molecule has 1 aromatic heterocycles. The average Bonchev–Trinajstić information content (AvgIpc) is 2.20. The maximum Gasteiger partial charge on any atom is 0.250 e. The van der Waals surface area contributed by atoms with Gasteiger partial charge in [-0.2, -0.15) is 0 Å². The predicted molar refractivity (Wildman–Crippen MR) is 50.6 cm³/mol. The van der Waals surface area contributed by atoms with Crippen LogP contribution in [0.25, 0.3) is 0 Å². The van der Waals surface area contributed by atoms with E-state index in [1.54, 1.807) is 18.3 Å². The summed E-state index contributed by atoms with van der Waals surface area (Å²) in [6.45, 7) is 0.437. The van der Waals surface area contributed by atoms with Crippen molar-refractivity contribution >= 4 is 5.91 Å². The van der Waals surface area contributed by atoms with E-state index in [2.05, 4.69) is 5.32 Å². The van der Waals surface area contributed by atoms with E-state index in [1.165, 1.54) is 10.6 Å². The Hall–Kier alpha value is -1.62. The number of rotatable bonds is 2. The summed E-state index contributed by atoms with van der Waals surface area (Å²) in [7, 11) is 0. The van der Waals surface area contributed by atoms with Gasteiger partial charge in [-0.3, -0.25) is 9.59 Å². The minimum absolute atomic E-state index is 0.0825. The fraction of sp³-hybridized carbons (Fsp3) is 0.333. The van der Waals surface area contributed by atoms with Crippen LogP contribution in [0.1, 0.15) is 0 Å². The summed E-state index contributed by atoms with van der Waals surface area (Å²) in [5, 5.41) is 2.64. The van der Waals surface area contributed by atoms with Crippen LogP contribution in [0.4, 0.5) is 0 Å². The zero-order valence-corrected chi connectivity index (χ0v) is 7.51. The van der Waals surface area contributed by atoms with Gasteiger partial charge in [0.15, 0.2) is 0 Å². The van der Waals surface area contributed by atoms with Crippen LogP contribution in [-0.4, -0.2) is 22.6 Å². The van der Waals surface area contributed by atoms with Gasteiger partial charge in [-0.25, -0.2) is 0 Å². The zero-order valence-electron chi connectivity index (χ0n) is 7.51. The highest BCUT2D eigenvalue weighted by atomic mass is 16.2. The van der Waals surface area contributed by atoms with Crippen LogP contribution >= 0.6 is 0 Å². The van der Waals surface area contributed by atoms with E-state index in [4.69, 9.17) is 5.73 Å². The van der Waals surface area contributed by atoms with Gasteiger partial charge in [-0.15, -0.1) is 0 Å². The van der Waals surface area contributed by atoms with Gasteiger partial charge in [0.1, 0.15) is 6.04 Å². The fourth-order valence-corrected chi connectivity index (χ4v) is 1.44. The largest absolute Gasteiger partial charge is 0.348 e. The maximum absolute atomic E-state index is 11.3. The lowest BCUT2D eigenvalue weighted by Crippen LogP contribution is -2.68. The number of nitrogens with two attached hydrogens (primary N) is 1. The molecule has 1 aliphatic heterocycles. The van der Waals surface area contributed by atoms with Gasteiger partial charge in [0.2, 0.25) is 5.91 Å². The summed E-state index contributed by atoms with van der Waals surface area (Å²) >= 11 is 0. The van der Waals surface area contributed by atoms with E-state index in [-0.39, 0.29) is 17.5 Å². The van der Waals surface area contributed by atoms with Crippen molar-refractivity contribution in [2.24, 2.45) is 5.73 Å². The second kappa shape index (κ2) is 3.26. The molecule has 2 atom stereocenters. The third-order valence-electron chi connectivity index (χ3n) is 2.36. The molecular weight excluding hydrogens is 182 g/mol. The molecule has 2 rings (SSSR count). The van der Waals surface area contributed by atoms with Crippen LogP contribution < -0.4 is 16.6 Å². The van der Waals surface area contributed by atoms with Crippen molar-refractivity contribution in [3.8, 4) is 0 Å². The van der Waals surface area contributed by atoms with Gasteiger partial charge in [0, 0.05) is 18.8 Å². The number of hydrogen-bond acceptors (Lipinski definition) is 3. The molecule has 0 bridgehead atoms. The molecular formula is C9H11N3O2. The van der Waals surface area contributed by atoms with Crippen molar-refractivity contribution in [1.82, 2.24) is 9.88 Å². The monoisotopic (exact) mass is 193 g/mol. The second-order valence-corrected chi connectivity index (χ2v) is 3.33. The molecule has 0 aromatic carbocycles. The third kappa shape index (κ3) is 1.42. The molecule has 0 saturated carbocycles. The number of carbonyl (C=O) groups is 1. The van der Waals surface area contributed by atoms with Crippen LogP contribution in [0.3, 0.4) is 0 Å². The molecule has 1 aromatic rings. The van der Waals surface area contributed by atoms with Crippen LogP contribution in [0.15, 0.2) is 29.2 Å². The number of pyridine rings is 1. The Bertz CT molecular complexity index is 413. The molecule has 5 nitrogen and oxygen atoms in total. The molecule has 3 N–H and O–H groups in total. The number of aromatic nitrogens is 1. The lowest BCUT2D eigenvalue weighted by molar-refractivity contribution is -0.130. The van der Waals surface area contributed by atoms with E-state index in [9.17, 15) is 9.59 Å². The molecule has 1 amide bonds. The van der Waals surface area contributed by atoms with Gasteiger partial charge >= 0.3 is 0 Å². The Morgan fingerprint density at radius 2 is 2.21 bits per heavy atom. The Kier molecular flexibility index (Phi) is 2.09. The molecule has 1 saturated heterocycles. The molecule has 5 heteroatoms. The van der Waals surface area contributed by atoms with Gasteiger partial charge < -0.3 is 15.6 Å². The number of hydrogen-bond donors (Lipinski definition) is 2. The first-order valence-electron chi connectivity index (χ1n) is 4.40. The summed E-state index contributed by atoms with van der Waals surface area (Å²) in [6, 6.07) is 4.32. The van der Waals surface area contributed by atoms with Crippen molar-refractivity contribution in [2.75, 3.05) is 0 Å². The van der Waals surface area contributed by atoms with Crippen LogP contribution in [0.2, 0.25) is 0 Å². The highest BCUT2D eigenvalue weighted by molar-refractivity contribution is 5.88. The number of β-lactam (4-membered cyclic amide) rings is 1. The molecule has 14 heavy (non-hydrogen) atoms. The summed E-state index contributed by atoms with van der Waals surface area (Å²) < 4.78 is 1.53. The van der Waals surface area contributed by atoms with E-state index >= 15 is 0 Å².